The zero-order valence-electron chi connectivity index (χ0n) is 20.4. The molecule has 2 aromatic heterocycles. The van der Waals surface area contributed by atoms with Crippen LogP contribution in [0.2, 0.25) is 0 Å². The van der Waals surface area contributed by atoms with E-state index in [9.17, 15) is 5.26 Å². The van der Waals surface area contributed by atoms with Gasteiger partial charge in [0, 0.05) is 50.1 Å². The van der Waals surface area contributed by atoms with Crippen molar-refractivity contribution < 1.29 is 4.42 Å². The highest BCUT2D eigenvalue weighted by Crippen LogP contribution is 2.42. The van der Waals surface area contributed by atoms with Crippen molar-refractivity contribution in [3.05, 3.63) is 136 Å². The van der Waals surface area contributed by atoms with Gasteiger partial charge in [0.1, 0.15) is 17.4 Å². The van der Waals surface area contributed by atoms with Crippen LogP contribution in [0, 0.1) is 14.9 Å². The Hall–Kier alpha value is -4.41. The van der Waals surface area contributed by atoms with Gasteiger partial charge in [-0.1, -0.05) is 91.0 Å². The van der Waals surface area contributed by atoms with E-state index in [4.69, 9.17) is 9.41 Å². The van der Waals surface area contributed by atoms with Gasteiger partial charge in [0.05, 0.1) is 0 Å². The van der Waals surface area contributed by atoms with Crippen molar-refractivity contribution in [3.8, 4) is 28.5 Å². The predicted molar refractivity (Wildman–Crippen MR) is 162 cm³/mol. The molecular formula is C33H22IN3O. The molecule has 0 spiro atoms. The molecule has 0 aliphatic carbocycles. The van der Waals surface area contributed by atoms with Gasteiger partial charge in [0.25, 0.3) is 0 Å². The summed E-state index contributed by atoms with van der Waals surface area (Å²) in [6.45, 7) is 0.756. The van der Waals surface area contributed by atoms with E-state index in [-0.39, 0.29) is 0 Å². The Labute approximate surface area is 234 Å². The van der Waals surface area contributed by atoms with E-state index < -0.39 is 0 Å². The van der Waals surface area contributed by atoms with E-state index in [0.717, 1.165) is 39.7 Å². The Morgan fingerprint density at radius 1 is 0.816 bits per heavy atom. The Morgan fingerprint density at radius 3 is 2.18 bits per heavy atom. The predicted octanol–water partition coefficient (Wildman–Crippen LogP) is 8.84. The summed E-state index contributed by atoms with van der Waals surface area (Å²) in [6, 6.07) is 38.9. The number of fused-ring (bicyclic) bond motifs is 1. The number of benzene rings is 4. The molecule has 0 unspecified atom stereocenters. The van der Waals surface area contributed by atoms with Crippen LogP contribution in [0.1, 0.15) is 16.7 Å². The third kappa shape index (κ3) is 4.67. The molecule has 38 heavy (non-hydrogen) atoms. The van der Waals surface area contributed by atoms with Gasteiger partial charge in [-0.25, -0.2) is 4.99 Å². The van der Waals surface area contributed by atoms with Crippen molar-refractivity contribution in [3.63, 3.8) is 0 Å². The van der Waals surface area contributed by atoms with Crippen LogP contribution in [0.15, 0.2) is 125 Å². The molecule has 182 valence electrons. The van der Waals surface area contributed by atoms with Crippen molar-refractivity contribution >= 4 is 45.6 Å². The zero-order valence-corrected chi connectivity index (χ0v) is 22.5. The lowest BCUT2D eigenvalue weighted by atomic mass is 9.98. The number of rotatable bonds is 6. The van der Waals surface area contributed by atoms with Gasteiger partial charge < -0.3 is 8.98 Å². The molecule has 0 aliphatic heterocycles. The second-order valence-corrected chi connectivity index (χ2v) is 10.2. The highest BCUT2D eigenvalue weighted by atomic mass is 127. The molecule has 0 N–H and O–H groups in total. The van der Waals surface area contributed by atoms with E-state index in [1.807, 2.05) is 72.8 Å². The van der Waals surface area contributed by atoms with Crippen LogP contribution in [-0.2, 0) is 6.54 Å². The molecule has 0 atom stereocenters. The van der Waals surface area contributed by atoms with E-state index in [1.165, 1.54) is 9.13 Å². The lowest BCUT2D eigenvalue weighted by Crippen LogP contribution is -1.97. The summed E-state index contributed by atoms with van der Waals surface area (Å²) in [6.07, 6.45) is 3.91. The molecule has 6 rings (SSSR count). The van der Waals surface area contributed by atoms with Gasteiger partial charge in [-0.2, -0.15) is 5.26 Å². The SMILES string of the molecule is N#Cc1c(N=Cc2cn(Cc3ccc(I)cc3)c3ccccc23)oc(-c2ccccc2)c1-c1ccccc1. The summed E-state index contributed by atoms with van der Waals surface area (Å²) in [4.78, 5) is 4.73. The molecule has 5 heteroatoms. The number of furan rings is 1. The van der Waals surface area contributed by atoms with E-state index in [2.05, 4.69) is 75.8 Å². The molecule has 0 radical (unpaired) electrons. The Morgan fingerprint density at radius 2 is 1.47 bits per heavy atom. The van der Waals surface area contributed by atoms with Crippen molar-refractivity contribution in [1.82, 2.24) is 4.57 Å². The number of halogens is 1. The van der Waals surface area contributed by atoms with Crippen LogP contribution >= 0.6 is 22.6 Å². The third-order valence-electron chi connectivity index (χ3n) is 6.51. The Balaban J connectivity index is 1.44. The maximum Gasteiger partial charge on any atom is 0.238 e. The minimum atomic E-state index is 0.305. The van der Waals surface area contributed by atoms with E-state index in [0.29, 0.717) is 17.2 Å². The molecule has 0 aliphatic rings. The largest absolute Gasteiger partial charge is 0.436 e. The van der Waals surface area contributed by atoms with Crippen molar-refractivity contribution in [2.24, 2.45) is 4.99 Å². The highest BCUT2D eigenvalue weighted by molar-refractivity contribution is 14.1. The number of nitrogens with zero attached hydrogens (tertiary/aromatic N) is 3. The lowest BCUT2D eigenvalue weighted by molar-refractivity contribution is 0.593. The zero-order chi connectivity index (χ0) is 25.9. The molecule has 2 heterocycles. The molecule has 0 fully saturated rings. The second kappa shape index (κ2) is 10.5. The quantitative estimate of drug-likeness (QED) is 0.141. The van der Waals surface area contributed by atoms with E-state index in [1.54, 1.807) is 6.21 Å². The van der Waals surface area contributed by atoms with Crippen LogP contribution in [0.5, 0.6) is 0 Å². The van der Waals surface area contributed by atoms with Gasteiger partial charge in [-0.05, 0) is 51.9 Å². The molecule has 4 aromatic carbocycles. The number of aromatic nitrogens is 1. The second-order valence-electron chi connectivity index (χ2n) is 8.94. The van der Waals surface area contributed by atoms with Gasteiger partial charge in [-0.3, -0.25) is 0 Å². The highest BCUT2D eigenvalue weighted by Gasteiger charge is 2.22. The van der Waals surface area contributed by atoms with Gasteiger partial charge in [0.2, 0.25) is 5.88 Å². The van der Waals surface area contributed by atoms with Crippen LogP contribution < -0.4 is 0 Å². The van der Waals surface area contributed by atoms with Crippen LogP contribution in [0.25, 0.3) is 33.4 Å². The normalized spacial score (nSPS) is 11.3. The smallest absolute Gasteiger partial charge is 0.238 e. The van der Waals surface area contributed by atoms with Gasteiger partial charge in [-0.15, -0.1) is 0 Å². The third-order valence-corrected chi connectivity index (χ3v) is 7.23. The number of hydrogen-bond donors (Lipinski definition) is 0. The fourth-order valence-electron chi connectivity index (χ4n) is 4.71. The summed E-state index contributed by atoms with van der Waals surface area (Å²) in [5.74, 6) is 0.946. The number of aliphatic imine (C=N–C) groups is 1. The van der Waals surface area contributed by atoms with Crippen LogP contribution in [-0.4, -0.2) is 10.8 Å². The number of para-hydroxylation sites is 1. The first-order valence-electron chi connectivity index (χ1n) is 12.3. The van der Waals surface area contributed by atoms with Gasteiger partial charge >= 0.3 is 0 Å². The summed E-state index contributed by atoms with van der Waals surface area (Å²) in [5, 5.41) is 11.3. The first-order valence-corrected chi connectivity index (χ1v) is 13.3. The van der Waals surface area contributed by atoms with E-state index >= 15 is 0 Å². The van der Waals surface area contributed by atoms with Crippen molar-refractivity contribution in [2.75, 3.05) is 0 Å². The summed E-state index contributed by atoms with van der Waals surface area (Å²) in [5.41, 5.74) is 6.32. The minimum Gasteiger partial charge on any atom is -0.436 e. The molecule has 0 amide bonds. The molecule has 0 bridgehead atoms. The molecule has 0 saturated heterocycles. The lowest BCUT2D eigenvalue weighted by Gasteiger charge is -2.05. The number of hydrogen-bond acceptors (Lipinski definition) is 3. The summed E-state index contributed by atoms with van der Waals surface area (Å²) >= 11 is 2.32. The van der Waals surface area contributed by atoms with Crippen LogP contribution in [0.3, 0.4) is 0 Å². The average molecular weight is 603 g/mol. The maximum absolute atomic E-state index is 10.2. The van der Waals surface area contributed by atoms with Crippen molar-refractivity contribution in [2.45, 2.75) is 6.54 Å². The fraction of sp³-hybridized carbons (Fsp3) is 0.0303. The summed E-state index contributed by atoms with van der Waals surface area (Å²) in [7, 11) is 0. The number of nitriles is 1. The van der Waals surface area contributed by atoms with Gasteiger partial charge in [0.15, 0.2) is 0 Å². The molecule has 6 aromatic rings. The van der Waals surface area contributed by atoms with Crippen molar-refractivity contribution in [1.29, 1.82) is 5.26 Å². The average Bonchev–Trinajstić information content (AvgIpc) is 3.52. The van der Waals surface area contributed by atoms with Crippen LogP contribution in [0.4, 0.5) is 5.88 Å². The Bertz CT molecular complexity index is 1790. The summed E-state index contributed by atoms with van der Waals surface area (Å²) < 4.78 is 9.75. The molecular weight excluding hydrogens is 581 g/mol. The fourth-order valence-corrected chi connectivity index (χ4v) is 5.07. The maximum atomic E-state index is 10.2. The molecule has 4 nitrogen and oxygen atoms in total. The first kappa shape index (κ1) is 24.0. The minimum absolute atomic E-state index is 0.305. The first-order chi connectivity index (χ1) is 18.7. The monoisotopic (exact) mass is 603 g/mol. The Kier molecular flexibility index (Phi) is 6.63. The topological polar surface area (TPSA) is 54.2 Å². The standard InChI is InChI=1S/C33H22IN3O/c34-27-17-15-23(16-18-27)21-37-22-26(28-13-7-8-14-30(28)37)20-36-33-29(19-35)31(24-9-3-1-4-10-24)32(38-33)25-11-5-2-6-12-25/h1-18,20,22H,21H2. The molecule has 0 saturated carbocycles.